The van der Waals surface area contributed by atoms with E-state index in [4.69, 9.17) is 4.74 Å². The molecule has 0 saturated carbocycles. The van der Waals surface area contributed by atoms with Gasteiger partial charge in [0.1, 0.15) is 0 Å². The van der Waals surface area contributed by atoms with Crippen LogP contribution in [-0.4, -0.2) is 34.7 Å². The molecule has 1 rings (SSSR count). The monoisotopic (exact) mass is 300 g/mol. The molecular weight excluding hydrogens is 276 g/mol. The second-order valence-corrected chi connectivity index (χ2v) is 6.71. The average Bonchev–Trinajstić information content (AvgIpc) is 2.33. The molecule has 5 nitrogen and oxygen atoms in total. The molecule has 0 aliphatic carbocycles. The maximum Gasteiger partial charge on any atom is 0.241 e. The summed E-state index contributed by atoms with van der Waals surface area (Å²) in [5, 5.41) is 3.02. The Hall–Kier alpha value is -1.11. The van der Waals surface area contributed by atoms with E-state index in [1.807, 2.05) is 33.0 Å². The molecule has 114 valence electrons. The van der Waals surface area contributed by atoms with Crippen molar-refractivity contribution in [2.24, 2.45) is 0 Å². The molecule has 0 unspecified atom stereocenters. The third kappa shape index (κ3) is 4.47. The van der Waals surface area contributed by atoms with E-state index in [0.717, 1.165) is 16.8 Å². The van der Waals surface area contributed by atoms with Crippen LogP contribution in [0.5, 0.6) is 0 Å². The van der Waals surface area contributed by atoms with Gasteiger partial charge in [0, 0.05) is 19.3 Å². The van der Waals surface area contributed by atoms with E-state index in [2.05, 4.69) is 10.0 Å². The molecule has 0 radical (unpaired) electrons. The fourth-order valence-electron chi connectivity index (χ4n) is 2.06. The quantitative estimate of drug-likeness (QED) is 0.756. The molecule has 0 aliphatic rings. The lowest BCUT2D eigenvalue weighted by Crippen LogP contribution is -2.29. The average molecular weight is 300 g/mol. The highest BCUT2D eigenvalue weighted by molar-refractivity contribution is 7.89. The van der Waals surface area contributed by atoms with Crippen LogP contribution >= 0.6 is 0 Å². The summed E-state index contributed by atoms with van der Waals surface area (Å²) in [7, 11) is -1.69. The van der Waals surface area contributed by atoms with Crippen LogP contribution in [0.1, 0.15) is 25.0 Å². The zero-order valence-electron chi connectivity index (χ0n) is 12.8. The van der Waals surface area contributed by atoms with E-state index in [0.29, 0.717) is 11.5 Å². The van der Waals surface area contributed by atoms with Crippen LogP contribution in [0.2, 0.25) is 0 Å². The van der Waals surface area contributed by atoms with Crippen LogP contribution in [0.3, 0.4) is 0 Å². The summed E-state index contributed by atoms with van der Waals surface area (Å²) in [6.45, 7) is 8.06. The zero-order valence-corrected chi connectivity index (χ0v) is 13.6. The van der Waals surface area contributed by atoms with Gasteiger partial charge in [0.05, 0.1) is 17.6 Å². The number of rotatable bonds is 7. The summed E-state index contributed by atoms with van der Waals surface area (Å²) in [6, 6.07) is 3.65. The summed E-state index contributed by atoms with van der Waals surface area (Å²) in [5.41, 5.74) is 2.36. The second kappa shape index (κ2) is 7.06. The summed E-state index contributed by atoms with van der Waals surface area (Å²) in [4.78, 5) is 0.348. The van der Waals surface area contributed by atoms with Gasteiger partial charge in [-0.25, -0.2) is 13.1 Å². The Bertz CT molecular complexity index is 531. The van der Waals surface area contributed by atoms with Gasteiger partial charge in [-0.3, -0.25) is 0 Å². The number of hydrogen-bond donors (Lipinski definition) is 2. The van der Waals surface area contributed by atoms with E-state index in [-0.39, 0.29) is 12.6 Å². The van der Waals surface area contributed by atoms with E-state index >= 15 is 0 Å². The minimum atomic E-state index is -3.50. The Kier molecular flexibility index (Phi) is 5.98. The first-order valence-electron chi connectivity index (χ1n) is 6.68. The molecule has 20 heavy (non-hydrogen) atoms. The number of nitrogens with one attached hydrogen (secondary N) is 2. The van der Waals surface area contributed by atoms with Gasteiger partial charge in [-0.1, -0.05) is 0 Å². The summed E-state index contributed by atoms with van der Waals surface area (Å²) in [6.07, 6.45) is 0.0953. The van der Waals surface area contributed by atoms with Crippen molar-refractivity contribution in [1.29, 1.82) is 0 Å². The number of ether oxygens (including phenoxy) is 1. The van der Waals surface area contributed by atoms with Gasteiger partial charge in [-0.2, -0.15) is 0 Å². The van der Waals surface area contributed by atoms with Gasteiger partial charge >= 0.3 is 0 Å². The standard InChI is InChI=1S/C14H24N2O3S/c1-10(2)19-7-6-16-20(17,18)14-11(3)8-13(15-5)9-12(14)4/h8-10,15-16H,6-7H2,1-5H3. The number of sulfonamides is 1. The molecular formula is C14H24N2O3S. The first-order valence-corrected chi connectivity index (χ1v) is 8.16. The molecule has 6 heteroatoms. The SMILES string of the molecule is CNc1cc(C)c(S(=O)(=O)NCCOC(C)C)c(C)c1. The maximum absolute atomic E-state index is 12.3. The van der Waals surface area contributed by atoms with Gasteiger partial charge in [-0.15, -0.1) is 0 Å². The smallest absolute Gasteiger partial charge is 0.241 e. The molecule has 0 aliphatic heterocycles. The Morgan fingerprint density at radius 1 is 1.20 bits per heavy atom. The summed E-state index contributed by atoms with van der Waals surface area (Å²) >= 11 is 0. The lowest BCUT2D eigenvalue weighted by atomic mass is 10.1. The second-order valence-electron chi connectivity index (χ2n) is 5.01. The molecule has 0 atom stereocenters. The van der Waals surface area contributed by atoms with Crippen molar-refractivity contribution >= 4 is 15.7 Å². The molecule has 0 bridgehead atoms. The lowest BCUT2D eigenvalue weighted by Gasteiger charge is -2.14. The Morgan fingerprint density at radius 3 is 2.20 bits per heavy atom. The minimum Gasteiger partial charge on any atom is -0.388 e. The van der Waals surface area contributed by atoms with Crippen molar-refractivity contribution in [1.82, 2.24) is 4.72 Å². The molecule has 1 aromatic carbocycles. The Balaban J connectivity index is 2.87. The predicted octanol–water partition coefficient (Wildman–Crippen LogP) is 2.05. The van der Waals surface area contributed by atoms with Gasteiger partial charge < -0.3 is 10.1 Å². The molecule has 0 spiro atoms. The number of aryl methyl sites for hydroxylation is 2. The van der Waals surface area contributed by atoms with Gasteiger partial charge in [0.15, 0.2) is 0 Å². The largest absolute Gasteiger partial charge is 0.388 e. The molecule has 0 aromatic heterocycles. The lowest BCUT2D eigenvalue weighted by molar-refractivity contribution is 0.0834. The van der Waals surface area contributed by atoms with E-state index < -0.39 is 10.0 Å². The summed E-state index contributed by atoms with van der Waals surface area (Å²) in [5.74, 6) is 0. The van der Waals surface area contributed by atoms with Gasteiger partial charge in [-0.05, 0) is 51.0 Å². The van der Waals surface area contributed by atoms with Gasteiger partial charge in [0.25, 0.3) is 0 Å². The molecule has 2 N–H and O–H groups in total. The highest BCUT2D eigenvalue weighted by Gasteiger charge is 2.19. The van der Waals surface area contributed by atoms with Crippen LogP contribution in [0, 0.1) is 13.8 Å². The van der Waals surface area contributed by atoms with Crippen LogP contribution in [0.15, 0.2) is 17.0 Å². The number of anilines is 1. The first-order chi connectivity index (χ1) is 9.27. The van der Waals surface area contributed by atoms with Crippen molar-refractivity contribution in [2.75, 3.05) is 25.5 Å². The zero-order chi connectivity index (χ0) is 15.3. The molecule has 0 saturated heterocycles. The highest BCUT2D eigenvalue weighted by Crippen LogP contribution is 2.23. The number of hydrogen-bond acceptors (Lipinski definition) is 4. The normalized spacial score (nSPS) is 11.9. The molecule has 0 fully saturated rings. The van der Waals surface area contributed by atoms with Crippen molar-refractivity contribution in [3.05, 3.63) is 23.3 Å². The van der Waals surface area contributed by atoms with Gasteiger partial charge in [0.2, 0.25) is 10.0 Å². The third-order valence-electron chi connectivity index (χ3n) is 2.86. The Labute approximate surface area is 121 Å². The van der Waals surface area contributed by atoms with E-state index in [1.54, 1.807) is 13.8 Å². The minimum absolute atomic E-state index is 0.0953. The van der Waals surface area contributed by atoms with Crippen molar-refractivity contribution in [3.63, 3.8) is 0 Å². The highest BCUT2D eigenvalue weighted by atomic mass is 32.2. The van der Waals surface area contributed by atoms with E-state index in [1.165, 1.54) is 0 Å². The molecule has 0 amide bonds. The van der Waals surface area contributed by atoms with Crippen LogP contribution in [-0.2, 0) is 14.8 Å². The van der Waals surface area contributed by atoms with E-state index in [9.17, 15) is 8.42 Å². The van der Waals surface area contributed by atoms with Crippen LogP contribution < -0.4 is 10.0 Å². The maximum atomic E-state index is 12.3. The van der Waals surface area contributed by atoms with Crippen LogP contribution in [0.4, 0.5) is 5.69 Å². The fourth-order valence-corrected chi connectivity index (χ4v) is 3.52. The summed E-state index contributed by atoms with van der Waals surface area (Å²) < 4.78 is 32.6. The van der Waals surface area contributed by atoms with Crippen molar-refractivity contribution in [2.45, 2.75) is 38.7 Å². The fraction of sp³-hybridized carbons (Fsp3) is 0.571. The van der Waals surface area contributed by atoms with Crippen molar-refractivity contribution in [3.8, 4) is 0 Å². The first kappa shape index (κ1) is 16.9. The predicted molar refractivity (Wildman–Crippen MR) is 81.7 cm³/mol. The Morgan fingerprint density at radius 2 is 1.75 bits per heavy atom. The third-order valence-corrected chi connectivity index (χ3v) is 4.63. The topological polar surface area (TPSA) is 67.4 Å². The van der Waals surface area contributed by atoms with Crippen LogP contribution in [0.25, 0.3) is 0 Å². The molecule has 0 heterocycles. The number of benzene rings is 1. The van der Waals surface area contributed by atoms with Crippen molar-refractivity contribution < 1.29 is 13.2 Å². The molecule has 1 aromatic rings.